The molecule has 0 aliphatic rings. The summed E-state index contributed by atoms with van der Waals surface area (Å²) in [5.41, 5.74) is 5.21. The summed E-state index contributed by atoms with van der Waals surface area (Å²) in [6, 6.07) is 13.6. The second-order valence-electron chi connectivity index (χ2n) is 5.20. The molecule has 2 aromatic carbocycles. The van der Waals surface area contributed by atoms with E-state index in [9.17, 15) is 4.79 Å². The molecule has 0 bridgehead atoms. The lowest BCUT2D eigenvalue weighted by Gasteiger charge is -2.03. The van der Waals surface area contributed by atoms with Crippen LogP contribution < -0.4 is 5.32 Å². The first-order valence-electron chi connectivity index (χ1n) is 7.06. The number of imidazole rings is 1. The Morgan fingerprint density at radius 1 is 1.18 bits per heavy atom. The molecule has 4 nitrogen and oxygen atoms in total. The van der Waals surface area contributed by atoms with Crippen molar-refractivity contribution < 1.29 is 4.79 Å². The number of thioether (sulfide) groups is 1. The molecule has 112 valence electrons. The van der Waals surface area contributed by atoms with Gasteiger partial charge in [-0.2, -0.15) is 0 Å². The number of anilines is 1. The molecule has 1 heterocycles. The molecule has 0 saturated heterocycles. The highest BCUT2D eigenvalue weighted by atomic mass is 32.2. The van der Waals surface area contributed by atoms with Crippen molar-refractivity contribution in [1.82, 2.24) is 9.97 Å². The van der Waals surface area contributed by atoms with Crippen LogP contribution in [0.5, 0.6) is 0 Å². The number of fused-ring (bicyclic) bond motifs is 1. The minimum absolute atomic E-state index is 0.0379. The molecule has 1 amide bonds. The molecule has 0 saturated carbocycles. The van der Waals surface area contributed by atoms with Gasteiger partial charge in [-0.05, 0) is 49.2 Å². The fourth-order valence-corrected chi connectivity index (χ4v) is 2.85. The molecule has 0 unspecified atom stereocenters. The average Bonchev–Trinajstić information content (AvgIpc) is 2.88. The highest BCUT2D eigenvalue weighted by molar-refractivity contribution is 7.99. The molecule has 2 N–H and O–H groups in total. The van der Waals surface area contributed by atoms with Gasteiger partial charge >= 0.3 is 0 Å². The van der Waals surface area contributed by atoms with Crippen LogP contribution in [0.3, 0.4) is 0 Å². The third-order valence-electron chi connectivity index (χ3n) is 3.47. The Morgan fingerprint density at radius 3 is 2.68 bits per heavy atom. The lowest BCUT2D eigenvalue weighted by Crippen LogP contribution is -2.13. The number of rotatable bonds is 4. The van der Waals surface area contributed by atoms with E-state index in [1.807, 2.05) is 30.3 Å². The zero-order chi connectivity index (χ0) is 15.5. The average molecular weight is 311 g/mol. The van der Waals surface area contributed by atoms with Gasteiger partial charge in [0, 0.05) is 5.69 Å². The van der Waals surface area contributed by atoms with E-state index < -0.39 is 0 Å². The molecule has 0 radical (unpaired) electrons. The summed E-state index contributed by atoms with van der Waals surface area (Å²) in [6.07, 6.45) is 0. The van der Waals surface area contributed by atoms with Gasteiger partial charge in [-0.3, -0.25) is 4.79 Å². The van der Waals surface area contributed by atoms with E-state index >= 15 is 0 Å². The fourth-order valence-electron chi connectivity index (χ4n) is 2.17. The number of aromatic nitrogens is 2. The van der Waals surface area contributed by atoms with Gasteiger partial charge in [0.2, 0.25) is 5.91 Å². The van der Waals surface area contributed by atoms with E-state index in [0.29, 0.717) is 5.75 Å². The monoisotopic (exact) mass is 311 g/mol. The minimum atomic E-state index is -0.0379. The third-order valence-corrected chi connectivity index (χ3v) is 4.35. The number of benzene rings is 2. The van der Waals surface area contributed by atoms with E-state index in [1.165, 1.54) is 22.9 Å². The molecule has 0 fully saturated rings. The highest BCUT2D eigenvalue weighted by Gasteiger charge is 2.08. The van der Waals surface area contributed by atoms with Crippen LogP contribution in [0.2, 0.25) is 0 Å². The van der Waals surface area contributed by atoms with Gasteiger partial charge < -0.3 is 10.3 Å². The van der Waals surface area contributed by atoms with Crippen LogP contribution >= 0.6 is 11.8 Å². The number of nitrogens with one attached hydrogen (secondary N) is 2. The van der Waals surface area contributed by atoms with E-state index in [0.717, 1.165) is 21.9 Å². The third kappa shape index (κ3) is 3.31. The van der Waals surface area contributed by atoms with Crippen LogP contribution in [0, 0.1) is 13.8 Å². The quantitative estimate of drug-likeness (QED) is 0.718. The first-order valence-corrected chi connectivity index (χ1v) is 8.05. The number of carbonyl (C=O) groups excluding carboxylic acids is 1. The standard InChI is InChI=1S/C17H17N3OS/c1-11-8-14-15(9-12(11)2)20-17(19-14)22-10-16(21)18-13-6-4-3-5-7-13/h3-9H,10H2,1-2H3,(H,18,21)(H,19,20). The molecule has 0 aliphatic carbocycles. The number of para-hydroxylation sites is 1. The Hall–Kier alpha value is -2.27. The maximum absolute atomic E-state index is 11.9. The van der Waals surface area contributed by atoms with Crippen molar-refractivity contribution in [2.75, 3.05) is 11.1 Å². The van der Waals surface area contributed by atoms with Gasteiger partial charge in [0.25, 0.3) is 0 Å². The normalized spacial score (nSPS) is 10.8. The van der Waals surface area contributed by atoms with Crippen LogP contribution in [0.1, 0.15) is 11.1 Å². The second-order valence-corrected chi connectivity index (χ2v) is 6.16. The summed E-state index contributed by atoms with van der Waals surface area (Å²) in [5.74, 6) is 0.288. The van der Waals surface area contributed by atoms with E-state index in [4.69, 9.17) is 0 Å². The molecule has 22 heavy (non-hydrogen) atoms. The van der Waals surface area contributed by atoms with Crippen molar-refractivity contribution >= 4 is 34.4 Å². The lowest BCUT2D eigenvalue weighted by molar-refractivity contribution is -0.113. The molecule has 0 atom stereocenters. The number of carbonyl (C=O) groups is 1. The number of hydrogen-bond donors (Lipinski definition) is 2. The van der Waals surface area contributed by atoms with Crippen molar-refractivity contribution in [2.45, 2.75) is 19.0 Å². The van der Waals surface area contributed by atoms with Gasteiger partial charge in [-0.25, -0.2) is 4.98 Å². The van der Waals surface area contributed by atoms with Crippen molar-refractivity contribution in [2.24, 2.45) is 0 Å². The predicted octanol–water partition coefficient (Wildman–Crippen LogP) is 3.91. The van der Waals surface area contributed by atoms with Crippen molar-refractivity contribution in [1.29, 1.82) is 0 Å². The Morgan fingerprint density at radius 2 is 1.91 bits per heavy atom. The number of aromatic amines is 1. The maximum atomic E-state index is 11.9. The Kier molecular flexibility index (Phi) is 4.15. The van der Waals surface area contributed by atoms with Crippen molar-refractivity contribution in [3.05, 3.63) is 53.6 Å². The van der Waals surface area contributed by atoms with E-state index in [2.05, 4.69) is 41.3 Å². The molecule has 5 heteroatoms. The van der Waals surface area contributed by atoms with Gasteiger partial charge in [0.15, 0.2) is 5.16 Å². The first-order chi connectivity index (χ1) is 10.6. The maximum Gasteiger partial charge on any atom is 0.234 e. The van der Waals surface area contributed by atoms with Crippen molar-refractivity contribution in [3.8, 4) is 0 Å². The smallest absolute Gasteiger partial charge is 0.234 e. The summed E-state index contributed by atoms with van der Waals surface area (Å²) in [7, 11) is 0. The largest absolute Gasteiger partial charge is 0.333 e. The van der Waals surface area contributed by atoms with Crippen LogP contribution in [-0.4, -0.2) is 21.6 Å². The number of amides is 1. The van der Waals surface area contributed by atoms with Crippen LogP contribution in [0.4, 0.5) is 5.69 Å². The molecule has 3 rings (SSSR count). The van der Waals surface area contributed by atoms with E-state index in [-0.39, 0.29) is 5.91 Å². The molecule has 1 aromatic heterocycles. The topological polar surface area (TPSA) is 57.8 Å². The second kappa shape index (κ2) is 6.23. The lowest BCUT2D eigenvalue weighted by atomic mass is 10.1. The molecular formula is C17H17N3OS. The zero-order valence-electron chi connectivity index (χ0n) is 12.5. The van der Waals surface area contributed by atoms with E-state index in [1.54, 1.807) is 0 Å². The Bertz CT molecular complexity index is 772. The minimum Gasteiger partial charge on any atom is -0.333 e. The van der Waals surface area contributed by atoms with Gasteiger partial charge in [-0.1, -0.05) is 30.0 Å². The summed E-state index contributed by atoms with van der Waals surface area (Å²) in [5, 5.41) is 3.63. The summed E-state index contributed by atoms with van der Waals surface area (Å²) in [6.45, 7) is 4.15. The highest BCUT2D eigenvalue weighted by Crippen LogP contribution is 2.22. The predicted molar refractivity (Wildman–Crippen MR) is 91.4 cm³/mol. The number of aryl methyl sites for hydroxylation is 2. The zero-order valence-corrected chi connectivity index (χ0v) is 13.3. The molecule has 0 aliphatic heterocycles. The first kappa shape index (κ1) is 14.7. The van der Waals surface area contributed by atoms with Crippen LogP contribution in [0.15, 0.2) is 47.6 Å². The van der Waals surface area contributed by atoms with Crippen LogP contribution in [-0.2, 0) is 4.79 Å². The number of H-pyrrole nitrogens is 1. The Balaban J connectivity index is 1.65. The fraction of sp³-hybridized carbons (Fsp3) is 0.176. The van der Waals surface area contributed by atoms with Gasteiger partial charge in [0.05, 0.1) is 16.8 Å². The van der Waals surface area contributed by atoms with Crippen LogP contribution in [0.25, 0.3) is 11.0 Å². The number of nitrogens with zero attached hydrogens (tertiary/aromatic N) is 1. The molecular weight excluding hydrogens is 294 g/mol. The van der Waals surface area contributed by atoms with Gasteiger partial charge in [-0.15, -0.1) is 0 Å². The molecule has 3 aromatic rings. The summed E-state index contributed by atoms with van der Waals surface area (Å²) < 4.78 is 0. The summed E-state index contributed by atoms with van der Waals surface area (Å²) >= 11 is 1.41. The van der Waals surface area contributed by atoms with Gasteiger partial charge in [0.1, 0.15) is 0 Å². The van der Waals surface area contributed by atoms with Crippen molar-refractivity contribution in [3.63, 3.8) is 0 Å². The number of hydrogen-bond acceptors (Lipinski definition) is 3. The SMILES string of the molecule is Cc1cc2nc(SCC(=O)Nc3ccccc3)[nH]c2cc1C. The Labute approximate surface area is 133 Å². The summed E-state index contributed by atoms with van der Waals surface area (Å²) in [4.78, 5) is 19.7. The molecule has 0 spiro atoms.